The molecule has 1 atom stereocenters. The van der Waals surface area contributed by atoms with Crippen LogP contribution in [0.5, 0.6) is 0 Å². The van der Waals surface area contributed by atoms with E-state index in [-0.39, 0.29) is 17.2 Å². The molecule has 0 unspecified atom stereocenters. The van der Waals surface area contributed by atoms with Gasteiger partial charge in [-0.3, -0.25) is 9.69 Å². The van der Waals surface area contributed by atoms with E-state index in [0.717, 1.165) is 36.5 Å². The maximum atomic E-state index is 13.3. The summed E-state index contributed by atoms with van der Waals surface area (Å²) in [6.07, 6.45) is 9.16. The molecule has 27 heavy (non-hydrogen) atoms. The molecule has 0 spiro atoms. The summed E-state index contributed by atoms with van der Waals surface area (Å²) in [6, 6.07) is 3.95. The molecular weight excluding hydrogens is 382 g/mol. The highest BCUT2D eigenvalue weighted by atomic mass is 32.2. The zero-order valence-corrected chi connectivity index (χ0v) is 16.6. The molecule has 1 aliphatic rings. The highest BCUT2D eigenvalue weighted by molar-refractivity contribution is 8.00. The fraction of sp³-hybridized carbons (Fsp3) is 0.444. The molecule has 3 aromatic heterocycles. The third-order valence-electron chi connectivity index (χ3n) is 4.66. The van der Waals surface area contributed by atoms with Gasteiger partial charge in [0.1, 0.15) is 5.69 Å². The number of hydrogen-bond acceptors (Lipinski definition) is 7. The highest BCUT2D eigenvalue weighted by Crippen LogP contribution is 2.32. The highest BCUT2D eigenvalue weighted by Gasteiger charge is 2.32. The molecule has 1 fully saturated rings. The number of thioether (sulfide) groups is 1. The van der Waals surface area contributed by atoms with Crippen molar-refractivity contribution in [3.05, 3.63) is 29.9 Å². The Labute approximate surface area is 165 Å². The Hall–Kier alpha value is -2.13. The molecule has 3 aromatic rings. The van der Waals surface area contributed by atoms with Crippen molar-refractivity contribution in [3.63, 3.8) is 0 Å². The second-order valence-corrected chi connectivity index (χ2v) is 8.70. The summed E-state index contributed by atoms with van der Waals surface area (Å²) >= 11 is 2.80. The van der Waals surface area contributed by atoms with Crippen molar-refractivity contribution in [1.29, 1.82) is 0 Å². The van der Waals surface area contributed by atoms with Crippen LogP contribution in [0.1, 0.15) is 39.0 Å². The van der Waals surface area contributed by atoms with E-state index in [1.54, 1.807) is 12.4 Å². The van der Waals surface area contributed by atoms with Gasteiger partial charge in [0.15, 0.2) is 5.13 Å². The number of anilines is 1. The summed E-state index contributed by atoms with van der Waals surface area (Å²) in [5.74, 6) is 0.465. The molecule has 3 heterocycles. The van der Waals surface area contributed by atoms with Crippen LogP contribution in [0.2, 0.25) is 0 Å². The predicted molar refractivity (Wildman–Crippen MR) is 106 cm³/mol. The summed E-state index contributed by atoms with van der Waals surface area (Å²) < 4.78 is 5.69. The quantitative estimate of drug-likeness (QED) is 0.615. The number of nitrogens with zero attached hydrogens (tertiary/aromatic N) is 4. The molecule has 9 heteroatoms. The molecule has 0 radical (unpaired) electrons. The Balaban J connectivity index is 1.49. The average molecular weight is 404 g/mol. The molecule has 0 saturated heterocycles. The van der Waals surface area contributed by atoms with Crippen LogP contribution in [0.4, 0.5) is 5.13 Å². The van der Waals surface area contributed by atoms with E-state index in [2.05, 4.69) is 20.2 Å². The summed E-state index contributed by atoms with van der Waals surface area (Å²) in [5, 5.41) is 10.9. The van der Waals surface area contributed by atoms with E-state index in [0.29, 0.717) is 11.1 Å². The maximum Gasteiger partial charge on any atom is 0.277 e. The predicted octanol–water partition coefficient (Wildman–Crippen LogP) is 4.37. The second kappa shape index (κ2) is 8.26. The summed E-state index contributed by atoms with van der Waals surface area (Å²) in [7, 11) is 0. The zero-order chi connectivity index (χ0) is 18.6. The van der Waals surface area contributed by atoms with Crippen LogP contribution in [0.25, 0.3) is 11.6 Å². The number of rotatable bonds is 6. The molecule has 0 bridgehead atoms. The van der Waals surface area contributed by atoms with Crippen molar-refractivity contribution in [2.45, 2.75) is 55.5 Å². The van der Waals surface area contributed by atoms with Crippen LogP contribution in [0, 0.1) is 0 Å². The van der Waals surface area contributed by atoms with E-state index in [9.17, 15) is 4.79 Å². The van der Waals surface area contributed by atoms with Gasteiger partial charge < -0.3 is 9.40 Å². The SMILES string of the molecule is C[C@H](Sc1nnc(-c2ccc[nH]2)o1)C(=O)N(c1nccs1)C1CCCCC1. The third kappa shape index (κ3) is 4.08. The Morgan fingerprint density at radius 1 is 1.37 bits per heavy atom. The van der Waals surface area contributed by atoms with E-state index < -0.39 is 0 Å². The van der Waals surface area contributed by atoms with Gasteiger partial charge in [0.05, 0.1) is 5.25 Å². The van der Waals surface area contributed by atoms with Crippen molar-refractivity contribution in [3.8, 4) is 11.6 Å². The van der Waals surface area contributed by atoms with Gasteiger partial charge in [0.2, 0.25) is 5.91 Å². The fourth-order valence-corrected chi connectivity index (χ4v) is 4.78. The van der Waals surface area contributed by atoms with E-state index >= 15 is 0 Å². The first kappa shape index (κ1) is 18.2. The molecule has 0 aromatic carbocycles. The average Bonchev–Trinajstić information content (AvgIpc) is 3.45. The fourth-order valence-electron chi connectivity index (χ4n) is 3.33. The number of aromatic amines is 1. The first-order chi connectivity index (χ1) is 13.2. The van der Waals surface area contributed by atoms with E-state index in [1.165, 1.54) is 29.5 Å². The molecule has 1 N–H and O–H groups in total. The molecule has 1 aliphatic carbocycles. The lowest BCUT2D eigenvalue weighted by atomic mass is 9.94. The molecule has 4 rings (SSSR count). The first-order valence-electron chi connectivity index (χ1n) is 9.09. The van der Waals surface area contributed by atoms with Crippen molar-refractivity contribution in [2.75, 3.05) is 4.90 Å². The molecule has 7 nitrogen and oxygen atoms in total. The lowest BCUT2D eigenvalue weighted by molar-refractivity contribution is -0.118. The monoisotopic (exact) mass is 403 g/mol. The van der Waals surface area contributed by atoms with Crippen molar-refractivity contribution in [2.24, 2.45) is 0 Å². The normalized spacial score (nSPS) is 16.3. The number of carbonyl (C=O) groups is 1. The van der Waals surface area contributed by atoms with Gasteiger partial charge in [-0.2, -0.15) is 0 Å². The number of thiazole rings is 1. The topological polar surface area (TPSA) is 87.9 Å². The number of nitrogens with one attached hydrogen (secondary N) is 1. The van der Waals surface area contributed by atoms with Crippen molar-refractivity contribution >= 4 is 34.1 Å². The summed E-state index contributed by atoms with van der Waals surface area (Å²) in [5.41, 5.74) is 0.764. The Kier molecular flexibility index (Phi) is 5.58. The molecule has 0 aliphatic heterocycles. The smallest absolute Gasteiger partial charge is 0.277 e. The van der Waals surface area contributed by atoms with Crippen LogP contribution in [0.15, 0.2) is 39.5 Å². The van der Waals surface area contributed by atoms with Gasteiger partial charge in [0.25, 0.3) is 11.1 Å². The minimum Gasteiger partial charge on any atom is -0.410 e. The van der Waals surface area contributed by atoms with Crippen molar-refractivity contribution in [1.82, 2.24) is 20.2 Å². The first-order valence-corrected chi connectivity index (χ1v) is 10.8. The van der Waals surface area contributed by atoms with Crippen LogP contribution in [-0.4, -0.2) is 37.4 Å². The van der Waals surface area contributed by atoms with Gasteiger partial charge in [-0.15, -0.1) is 21.5 Å². The minimum absolute atomic E-state index is 0.0430. The molecule has 142 valence electrons. The lowest BCUT2D eigenvalue weighted by Gasteiger charge is -2.33. The maximum absolute atomic E-state index is 13.3. The number of amides is 1. The standard InChI is InChI=1S/C18H21N5O2S2/c1-12(27-18-22-21-15(25-18)14-8-5-9-19-14)16(24)23(17-20-10-11-26-17)13-6-3-2-4-7-13/h5,8-13,19H,2-4,6-7H2,1H3/t12-/m0/s1. The van der Waals surface area contributed by atoms with Crippen LogP contribution in [-0.2, 0) is 4.79 Å². The van der Waals surface area contributed by atoms with Crippen LogP contribution in [0.3, 0.4) is 0 Å². The van der Waals surface area contributed by atoms with Gasteiger partial charge in [-0.05, 0) is 31.9 Å². The number of aromatic nitrogens is 4. The van der Waals surface area contributed by atoms with E-state index in [1.807, 2.05) is 29.3 Å². The minimum atomic E-state index is -0.340. The van der Waals surface area contributed by atoms with Gasteiger partial charge in [-0.1, -0.05) is 31.0 Å². The van der Waals surface area contributed by atoms with E-state index in [4.69, 9.17) is 4.42 Å². The third-order valence-corrected chi connectivity index (χ3v) is 6.36. The molecule has 1 saturated carbocycles. The lowest BCUT2D eigenvalue weighted by Crippen LogP contribution is -2.45. The van der Waals surface area contributed by atoms with Gasteiger partial charge in [-0.25, -0.2) is 4.98 Å². The van der Waals surface area contributed by atoms with Crippen LogP contribution < -0.4 is 4.90 Å². The summed E-state index contributed by atoms with van der Waals surface area (Å²) in [6.45, 7) is 1.88. The van der Waals surface area contributed by atoms with Gasteiger partial charge in [0, 0.05) is 23.8 Å². The second-order valence-electron chi connectivity index (χ2n) is 6.53. The van der Waals surface area contributed by atoms with Crippen molar-refractivity contribution < 1.29 is 9.21 Å². The Morgan fingerprint density at radius 3 is 2.93 bits per heavy atom. The zero-order valence-electron chi connectivity index (χ0n) is 15.0. The van der Waals surface area contributed by atoms with Crippen LogP contribution >= 0.6 is 23.1 Å². The molecule has 1 amide bonds. The number of hydrogen-bond donors (Lipinski definition) is 1. The van der Waals surface area contributed by atoms with Gasteiger partial charge >= 0.3 is 0 Å². The Morgan fingerprint density at radius 2 is 2.22 bits per heavy atom. The molecular formula is C18H21N5O2S2. The largest absolute Gasteiger partial charge is 0.410 e. The number of H-pyrrole nitrogens is 1. The number of carbonyl (C=O) groups excluding carboxylic acids is 1. The summed E-state index contributed by atoms with van der Waals surface area (Å²) in [4.78, 5) is 22.6. The Bertz CT molecular complexity index is 856.